The molecule has 5 heteroatoms. The first kappa shape index (κ1) is 23.0. The molecular formula is C18H38IN3O. The molecule has 1 aliphatic rings. The molecule has 138 valence electrons. The monoisotopic (exact) mass is 439 g/mol. The predicted octanol–water partition coefficient (Wildman–Crippen LogP) is 4.19. The fraction of sp³-hybridized carbons (Fsp3) is 0.944. The van der Waals surface area contributed by atoms with E-state index in [9.17, 15) is 0 Å². The highest BCUT2D eigenvalue weighted by Gasteiger charge is 2.41. The predicted molar refractivity (Wildman–Crippen MR) is 111 cm³/mol. The van der Waals surface area contributed by atoms with E-state index in [2.05, 4.69) is 36.4 Å². The molecule has 0 aliphatic heterocycles. The topological polar surface area (TPSA) is 45.7 Å². The van der Waals surface area contributed by atoms with Gasteiger partial charge in [-0.15, -0.1) is 24.0 Å². The largest absolute Gasteiger partial charge is 0.385 e. The Hall–Kier alpha value is -0.0400. The summed E-state index contributed by atoms with van der Waals surface area (Å²) >= 11 is 0. The molecule has 0 bridgehead atoms. The molecule has 1 rings (SSSR count). The Kier molecular flexibility index (Phi) is 11.5. The highest BCUT2D eigenvalue weighted by atomic mass is 127. The number of halogens is 1. The van der Waals surface area contributed by atoms with E-state index in [-0.39, 0.29) is 24.0 Å². The molecule has 1 fully saturated rings. The Morgan fingerprint density at radius 2 is 1.91 bits per heavy atom. The van der Waals surface area contributed by atoms with Gasteiger partial charge in [-0.2, -0.15) is 0 Å². The summed E-state index contributed by atoms with van der Waals surface area (Å²) in [5, 5.41) is 7.00. The minimum absolute atomic E-state index is 0. The van der Waals surface area contributed by atoms with Gasteiger partial charge in [0.25, 0.3) is 0 Å². The second-order valence-corrected chi connectivity index (χ2v) is 7.64. The molecule has 4 nitrogen and oxygen atoms in total. The summed E-state index contributed by atoms with van der Waals surface area (Å²) in [6.07, 6.45) is 8.97. The lowest BCUT2D eigenvalue weighted by Crippen LogP contribution is -2.44. The van der Waals surface area contributed by atoms with Crippen molar-refractivity contribution in [3.63, 3.8) is 0 Å². The Labute approximate surface area is 160 Å². The van der Waals surface area contributed by atoms with E-state index in [4.69, 9.17) is 4.74 Å². The van der Waals surface area contributed by atoms with Gasteiger partial charge >= 0.3 is 0 Å². The number of hydrogen-bond acceptors (Lipinski definition) is 2. The highest BCUT2D eigenvalue weighted by Crippen LogP contribution is 2.48. The van der Waals surface area contributed by atoms with E-state index in [1.54, 1.807) is 7.11 Å². The van der Waals surface area contributed by atoms with Gasteiger partial charge in [0, 0.05) is 33.9 Å². The molecule has 0 amide bonds. The molecule has 0 aromatic carbocycles. The van der Waals surface area contributed by atoms with Gasteiger partial charge in [0.2, 0.25) is 0 Å². The molecule has 23 heavy (non-hydrogen) atoms. The summed E-state index contributed by atoms with van der Waals surface area (Å²) in [4.78, 5) is 4.36. The van der Waals surface area contributed by atoms with Crippen LogP contribution in [0.25, 0.3) is 0 Å². The second-order valence-electron chi connectivity index (χ2n) is 7.64. The summed E-state index contributed by atoms with van der Waals surface area (Å²) in [5.74, 6) is 0.937. The number of hydrogen-bond donors (Lipinski definition) is 2. The van der Waals surface area contributed by atoms with Gasteiger partial charge in [0.05, 0.1) is 0 Å². The Morgan fingerprint density at radius 3 is 2.43 bits per heavy atom. The van der Waals surface area contributed by atoms with Crippen LogP contribution in [0.5, 0.6) is 0 Å². The molecule has 0 unspecified atom stereocenters. The van der Waals surface area contributed by atoms with Gasteiger partial charge in [-0.05, 0) is 36.5 Å². The third-order valence-electron chi connectivity index (χ3n) is 4.84. The van der Waals surface area contributed by atoms with E-state index in [1.165, 1.54) is 38.5 Å². The smallest absolute Gasteiger partial charge is 0.191 e. The molecule has 1 saturated carbocycles. The van der Waals surface area contributed by atoms with Gasteiger partial charge in [-0.3, -0.25) is 4.99 Å². The first-order chi connectivity index (χ1) is 10.5. The Balaban J connectivity index is 0.00000484. The average Bonchev–Trinajstić information content (AvgIpc) is 3.26. The number of guanidine groups is 1. The lowest BCUT2D eigenvalue weighted by Gasteiger charge is -2.26. The van der Waals surface area contributed by atoms with E-state index in [1.807, 2.05) is 7.05 Å². The van der Waals surface area contributed by atoms with Crippen molar-refractivity contribution in [1.29, 1.82) is 0 Å². The first-order valence-corrected chi connectivity index (χ1v) is 8.90. The van der Waals surface area contributed by atoms with Crippen LogP contribution in [0, 0.1) is 10.8 Å². The van der Waals surface area contributed by atoms with Crippen LogP contribution in [-0.4, -0.2) is 39.8 Å². The zero-order chi connectivity index (χ0) is 16.5. The minimum Gasteiger partial charge on any atom is -0.385 e. The summed E-state index contributed by atoms with van der Waals surface area (Å²) in [6.45, 7) is 9.77. The normalized spacial score (nSPS) is 16.7. The highest BCUT2D eigenvalue weighted by molar-refractivity contribution is 14.0. The van der Waals surface area contributed by atoms with E-state index in [0.717, 1.165) is 32.1 Å². The lowest BCUT2D eigenvalue weighted by atomic mass is 9.87. The van der Waals surface area contributed by atoms with Gasteiger partial charge in [0.1, 0.15) is 0 Å². The molecule has 0 spiro atoms. The first-order valence-electron chi connectivity index (χ1n) is 8.90. The number of nitrogens with one attached hydrogen (secondary N) is 2. The zero-order valence-electron chi connectivity index (χ0n) is 15.8. The van der Waals surface area contributed by atoms with Crippen LogP contribution in [0.1, 0.15) is 65.7 Å². The number of rotatable bonds is 11. The Bertz CT molecular complexity index is 341. The molecule has 0 heterocycles. The quantitative estimate of drug-likeness (QED) is 0.220. The molecule has 0 aromatic rings. The van der Waals surface area contributed by atoms with Crippen molar-refractivity contribution in [3.8, 4) is 0 Å². The van der Waals surface area contributed by atoms with E-state index >= 15 is 0 Å². The standard InChI is InChI=1S/C18H37N3O.HI/c1-6-7-8-9-17(2,3)14-20-16(19-4)21-15-18(10-11-18)12-13-22-5;/h6-15H2,1-5H3,(H2,19,20,21);1H. The maximum atomic E-state index is 5.22. The van der Waals surface area contributed by atoms with Gasteiger partial charge < -0.3 is 15.4 Å². The fourth-order valence-corrected chi connectivity index (χ4v) is 2.77. The maximum absolute atomic E-state index is 5.22. The van der Waals surface area contributed by atoms with Gasteiger partial charge in [-0.25, -0.2) is 0 Å². The van der Waals surface area contributed by atoms with Gasteiger partial charge in [-0.1, -0.05) is 40.0 Å². The van der Waals surface area contributed by atoms with Crippen LogP contribution in [0.4, 0.5) is 0 Å². The van der Waals surface area contributed by atoms with Crippen LogP contribution >= 0.6 is 24.0 Å². The third kappa shape index (κ3) is 9.75. The van der Waals surface area contributed by atoms with Crippen molar-refractivity contribution >= 4 is 29.9 Å². The molecule has 0 radical (unpaired) electrons. The Morgan fingerprint density at radius 1 is 1.22 bits per heavy atom. The van der Waals surface area contributed by atoms with Crippen molar-refractivity contribution in [2.24, 2.45) is 15.8 Å². The summed E-state index contributed by atoms with van der Waals surface area (Å²) < 4.78 is 5.22. The molecule has 2 N–H and O–H groups in total. The molecule has 0 atom stereocenters. The van der Waals surface area contributed by atoms with Crippen molar-refractivity contribution in [2.75, 3.05) is 33.9 Å². The van der Waals surface area contributed by atoms with Crippen LogP contribution < -0.4 is 10.6 Å². The van der Waals surface area contributed by atoms with E-state index < -0.39 is 0 Å². The molecule has 0 aromatic heterocycles. The average molecular weight is 439 g/mol. The molecule has 1 aliphatic carbocycles. The van der Waals surface area contributed by atoms with Crippen molar-refractivity contribution < 1.29 is 4.74 Å². The second kappa shape index (κ2) is 11.5. The lowest BCUT2D eigenvalue weighted by molar-refractivity contribution is 0.172. The van der Waals surface area contributed by atoms with Crippen LogP contribution in [0.3, 0.4) is 0 Å². The number of aliphatic imine (C=N–C) groups is 1. The van der Waals surface area contributed by atoms with Crippen molar-refractivity contribution in [2.45, 2.75) is 65.7 Å². The zero-order valence-corrected chi connectivity index (χ0v) is 18.2. The molecular weight excluding hydrogens is 401 g/mol. The van der Waals surface area contributed by atoms with Crippen molar-refractivity contribution in [1.82, 2.24) is 10.6 Å². The fourth-order valence-electron chi connectivity index (χ4n) is 2.77. The van der Waals surface area contributed by atoms with Gasteiger partial charge in [0.15, 0.2) is 5.96 Å². The van der Waals surface area contributed by atoms with Crippen LogP contribution in [0.2, 0.25) is 0 Å². The number of unbranched alkanes of at least 4 members (excludes halogenated alkanes) is 2. The molecule has 0 saturated heterocycles. The number of methoxy groups -OCH3 is 1. The summed E-state index contributed by atoms with van der Waals surface area (Å²) in [6, 6.07) is 0. The van der Waals surface area contributed by atoms with Crippen molar-refractivity contribution in [3.05, 3.63) is 0 Å². The minimum atomic E-state index is 0. The number of ether oxygens (including phenoxy) is 1. The summed E-state index contributed by atoms with van der Waals surface area (Å²) in [5.41, 5.74) is 0.768. The van der Waals surface area contributed by atoms with Crippen LogP contribution in [-0.2, 0) is 4.74 Å². The maximum Gasteiger partial charge on any atom is 0.191 e. The third-order valence-corrected chi connectivity index (χ3v) is 4.84. The van der Waals surface area contributed by atoms with Crippen LogP contribution in [0.15, 0.2) is 4.99 Å². The van der Waals surface area contributed by atoms with E-state index in [0.29, 0.717) is 10.8 Å². The summed E-state index contributed by atoms with van der Waals surface area (Å²) in [7, 11) is 3.64. The number of nitrogens with zero attached hydrogens (tertiary/aromatic N) is 1. The SMILES string of the molecule is CCCCCC(C)(C)CNC(=NC)NCC1(CCOC)CC1.I.